The van der Waals surface area contributed by atoms with Crippen LogP contribution in [0.15, 0.2) is 30.9 Å². The maximum Gasteiger partial charge on any atom is 0.305 e. The van der Waals surface area contributed by atoms with Gasteiger partial charge in [0.2, 0.25) is 5.91 Å². The van der Waals surface area contributed by atoms with Gasteiger partial charge in [-0.15, -0.1) is 6.58 Å². The molecule has 6 heteroatoms. The number of carboxylic acids is 1. The Morgan fingerprint density at radius 3 is 2.83 bits per heavy atom. The second kappa shape index (κ2) is 7.47. The van der Waals surface area contributed by atoms with E-state index in [2.05, 4.69) is 6.58 Å². The highest BCUT2D eigenvalue weighted by Crippen LogP contribution is 2.41. The van der Waals surface area contributed by atoms with E-state index in [4.69, 9.17) is 9.84 Å². The molecule has 0 saturated carbocycles. The highest BCUT2D eigenvalue weighted by atomic mass is 19.1. The van der Waals surface area contributed by atoms with Crippen LogP contribution in [0.2, 0.25) is 0 Å². The summed E-state index contributed by atoms with van der Waals surface area (Å²) < 4.78 is 19.0. The number of likely N-dealkylation sites (tertiary alicyclic amines) is 1. The first-order valence-electron chi connectivity index (χ1n) is 7.90. The molecule has 0 radical (unpaired) electrons. The molecule has 1 aliphatic rings. The molecule has 0 aromatic heterocycles. The fourth-order valence-corrected chi connectivity index (χ4v) is 3.15. The lowest BCUT2D eigenvalue weighted by atomic mass is 9.69. The van der Waals surface area contributed by atoms with Crippen molar-refractivity contribution in [2.24, 2.45) is 0 Å². The van der Waals surface area contributed by atoms with E-state index in [-0.39, 0.29) is 24.6 Å². The van der Waals surface area contributed by atoms with E-state index >= 15 is 0 Å². The molecule has 5 nitrogen and oxygen atoms in total. The molecule has 0 spiro atoms. The number of benzene rings is 1. The fourth-order valence-electron chi connectivity index (χ4n) is 3.15. The summed E-state index contributed by atoms with van der Waals surface area (Å²) in [6.45, 7) is 4.26. The monoisotopic (exact) mass is 335 g/mol. The van der Waals surface area contributed by atoms with Crippen molar-refractivity contribution in [3.8, 4) is 5.75 Å². The minimum atomic E-state index is -0.942. The molecule has 0 aliphatic carbocycles. The Labute approximate surface area is 140 Å². The third-order valence-electron chi connectivity index (χ3n) is 4.47. The topological polar surface area (TPSA) is 66.8 Å². The predicted octanol–water partition coefficient (Wildman–Crippen LogP) is 2.75. The number of carboxylic acid groups (broad SMARTS) is 1. The number of aliphatic carboxylic acids is 1. The third kappa shape index (κ3) is 3.42. The average Bonchev–Trinajstić information content (AvgIpc) is 2.56. The molecule has 1 N–H and O–H groups in total. The lowest BCUT2D eigenvalue weighted by molar-refractivity contribution is -0.153. The quantitative estimate of drug-likeness (QED) is 0.428. The molecule has 1 amide bonds. The van der Waals surface area contributed by atoms with Crippen molar-refractivity contribution in [1.29, 1.82) is 0 Å². The number of hydrogen-bond acceptors (Lipinski definition) is 3. The summed E-state index contributed by atoms with van der Waals surface area (Å²) >= 11 is 0. The Morgan fingerprint density at radius 2 is 2.29 bits per heavy atom. The van der Waals surface area contributed by atoms with Gasteiger partial charge < -0.3 is 14.7 Å². The fraction of sp³-hybridized carbons (Fsp3) is 0.444. The van der Waals surface area contributed by atoms with Gasteiger partial charge in [0.25, 0.3) is 0 Å². The van der Waals surface area contributed by atoms with Gasteiger partial charge in [0, 0.05) is 13.1 Å². The SMILES string of the molecule is C=CCCC[C@]1(c2ccc(OC)c(F)c2)CN(CCC(=O)O)C1=O. The molecule has 1 heterocycles. The zero-order valence-corrected chi connectivity index (χ0v) is 13.8. The van der Waals surface area contributed by atoms with Gasteiger partial charge in [-0.3, -0.25) is 9.59 Å². The minimum Gasteiger partial charge on any atom is -0.494 e. The van der Waals surface area contributed by atoms with Crippen LogP contribution < -0.4 is 4.74 Å². The van der Waals surface area contributed by atoms with Crippen molar-refractivity contribution in [3.05, 3.63) is 42.2 Å². The van der Waals surface area contributed by atoms with Crippen LogP contribution in [0.4, 0.5) is 4.39 Å². The molecular formula is C18H22FNO4. The van der Waals surface area contributed by atoms with Crippen molar-refractivity contribution in [3.63, 3.8) is 0 Å². The van der Waals surface area contributed by atoms with Crippen LogP contribution in [-0.2, 0) is 15.0 Å². The maximum absolute atomic E-state index is 14.1. The van der Waals surface area contributed by atoms with Crippen molar-refractivity contribution >= 4 is 11.9 Å². The summed E-state index contributed by atoms with van der Waals surface area (Å²) in [6, 6.07) is 4.58. The Bertz CT molecular complexity index is 646. The number of carbonyl (C=O) groups is 2. The Balaban J connectivity index is 2.22. The zero-order chi connectivity index (χ0) is 17.7. The Hall–Kier alpha value is -2.37. The molecule has 1 aliphatic heterocycles. The molecule has 1 aromatic rings. The number of unbranched alkanes of at least 4 members (excludes halogenated alkanes) is 1. The Morgan fingerprint density at radius 1 is 1.54 bits per heavy atom. The van der Waals surface area contributed by atoms with Gasteiger partial charge in [0.05, 0.1) is 18.9 Å². The van der Waals surface area contributed by atoms with E-state index < -0.39 is 17.2 Å². The number of nitrogens with zero attached hydrogens (tertiary/aromatic N) is 1. The number of methoxy groups -OCH3 is 1. The van der Waals surface area contributed by atoms with Gasteiger partial charge >= 0.3 is 5.97 Å². The van der Waals surface area contributed by atoms with Gasteiger partial charge in [0.15, 0.2) is 11.6 Å². The minimum absolute atomic E-state index is 0.0918. The number of allylic oxidation sites excluding steroid dienone is 1. The van der Waals surface area contributed by atoms with E-state index in [9.17, 15) is 14.0 Å². The highest BCUT2D eigenvalue weighted by molar-refractivity contribution is 5.94. The van der Waals surface area contributed by atoms with E-state index in [1.165, 1.54) is 24.1 Å². The summed E-state index contributed by atoms with van der Waals surface area (Å²) in [6.07, 6.45) is 3.80. The highest BCUT2D eigenvalue weighted by Gasteiger charge is 2.52. The van der Waals surface area contributed by atoms with Crippen molar-refractivity contribution < 1.29 is 23.8 Å². The smallest absolute Gasteiger partial charge is 0.305 e. The van der Waals surface area contributed by atoms with Crippen molar-refractivity contribution in [2.45, 2.75) is 31.1 Å². The van der Waals surface area contributed by atoms with E-state index in [1.807, 2.05) is 0 Å². The molecule has 0 bridgehead atoms. The number of β-lactam (4-membered cyclic amide) rings is 1. The first-order chi connectivity index (χ1) is 11.4. The molecule has 2 rings (SSSR count). The van der Waals surface area contributed by atoms with Gasteiger partial charge in [-0.2, -0.15) is 0 Å². The number of rotatable bonds is 9. The number of halogens is 1. The molecule has 0 unspecified atom stereocenters. The van der Waals surface area contributed by atoms with Crippen LogP contribution in [0.25, 0.3) is 0 Å². The zero-order valence-electron chi connectivity index (χ0n) is 13.8. The second-order valence-electron chi connectivity index (χ2n) is 5.98. The molecule has 1 atom stereocenters. The Kier molecular flexibility index (Phi) is 5.59. The summed E-state index contributed by atoms with van der Waals surface area (Å²) in [5, 5.41) is 8.77. The summed E-state index contributed by atoms with van der Waals surface area (Å²) in [5.74, 6) is -1.45. The molecular weight excluding hydrogens is 313 g/mol. The lowest BCUT2D eigenvalue weighted by Crippen LogP contribution is -2.64. The van der Waals surface area contributed by atoms with Crippen LogP contribution in [0, 0.1) is 5.82 Å². The summed E-state index contributed by atoms with van der Waals surface area (Å²) in [7, 11) is 1.39. The van der Waals surface area contributed by atoms with Gasteiger partial charge in [-0.05, 0) is 37.0 Å². The second-order valence-corrected chi connectivity index (χ2v) is 5.98. The normalized spacial score (nSPS) is 19.8. The van der Waals surface area contributed by atoms with Crippen molar-refractivity contribution in [2.75, 3.05) is 20.2 Å². The van der Waals surface area contributed by atoms with E-state index in [0.717, 1.165) is 12.8 Å². The summed E-state index contributed by atoms with van der Waals surface area (Å²) in [4.78, 5) is 24.9. The average molecular weight is 335 g/mol. The van der Waals surface area contributed by atoms with Crippen LogP contribution >= 0.6 is 0 Å². The molecule has 1 saturated heterocycles. The molecule has 24 heavy (non-hydrogen) atoms. The van der Waals surface area contributed by atoms with Gasteiger partial charge in [-0.25, -0.2) is 4.39 Å². The number of ether oxygens (including phenoxy) is 1. The summed E-state index contributed by atoms with van der Waals surface area (Å²) in [5.41, 5.74) is -0.171. The van der Waals surface area contributed by atoms with Gasteiger partial charge in [0.1, 0.15) is 0 Å². The molecule has 1 fully saturated rings. The first kappa shape index (κ1) is 18.0. The number of hydrogen-bond donors (Lipinski definition) is 1. The van der Waals surface area contributed by atoms with Gasteiger partial charge in [-0.1, -0.05) is 12.1 Å². The van der Waals surface area contributed by atoms with Crippen molar-refractivity contribution in [1.82, 2.24) is 4.90 Å². The number of amides is 1. The van der Waals surface area contributed by atoms with Crippen LogP contribution in [0.5, 0.6) is 5.75 Å². The van der Waals surface area contributed by atoms with Crippen LogP contribution in [0.3, 0.4) is 0 Å². The van der Waals surface area contributed by atoms with E-state index in [0.29, 0.717) is 18.5 Å². The largest absolute Gasteiger partial charge is 0.494 e. The predicted molar refractivity (Wildman–Crippen MR) is 87.5 cm³/mol. The third-order valence-corrected chi connectivity index (χ3v) is 4.47. The molecule has 130 valence electrons. The van der Waals surface area contributed by atoms with E-state index in [1.54, 1.807) is 12.1 Å². The number of carbonyl (C=O) groups excluding carboxylic acids is 1. The van der Waals surface area contributed by atoms with Crippen LogP contribution in [0.1, 0.15) is 31.2 Å². The standard InChI is InChI=1S/C18H22FNO4/c1-3-4-5-9-18(12-20(17(18)23)10-8-16(21)22)13-6-7-15(24-2)14(19)11-13/h3,6-7,11H,1,4-5,8-10,12H2,2H3,(H,21,22)/t18-/m1/s1. The maximum atomic E-state index is 14.1. The first-order valence-corrected chi connectivity index (χ1v) is 7.90. The molecule has 1 aromatic carbocycles. The lowest BCUT2D eigenvalue weighted by Gasteiger charge is -2.49. The van der Waals surface area contributed by atoms with Crippen LogP contribution in [-0.4, -0.2) is 42.1 Å².